The molecule has 174 valence electrons. The standard InChI is InChI=1S/C23H28N6O3S/c1-33(31,32)27-18-8-4-6-16(14-18)21-24-19-9-10-20(25-22(19)26-21)29-13-5-7-17(15-29)23(30)28-11-2-3-12-28/h4,6,8-10,14,17,27H,2-3,5,7,11-13,15H2,1H3,(H,24,25,26)/t17-/m1/s1. The van der Waals surface area contributed by atoms with Crippen LogP contribution in [0.1, 0.15) is 25.7 Å². The fourth-order valence-electron chi connectivity index (χ4n) is 4.72. The predicted molar refractivity (Wildman–Crippen MR) is 129 cm³/mol. The maximum absolute atomic E-state index is 12.9. The molecule has 0 spiro atoms. The van der Waals surface area contributed by atoms with E-state index in [1.54, 1.807) is 18.2 Å². The van der Waals surface area contributed by atoms with Gasteiger partial charge in [-0.15, -0.1) is 0 Å². The highest BCUT2D eigenvalue weighted by atomic mass is 32.2. The summed E-state index contributed by atoms with van der Waals surface area (Å²) in [4.78, 5) is 29.8. The summed E-state index contributed by atoms with van der Waals surface area (Å²) in [5.74, 6) is 1.76. The largest absolute Gasteiger partial charge is 0.356 e. The normalized spacial score (nSPS) is 19.2. The van der Waals surface area contributed by atoms with Crippen LogP contribution in [-0.4, -0.2) is 66.6 Å². The Morgan fingerprint density at radius 2 is 1.91 bits per heavy atom. The van der Waals surface area contributed by atoms with Crippen molar-refractivity contribution in [2.75, 3.05) is 42.1 Å². The van der Waals surface area contributed by atoms with Crippen LogP contribution in [0.3, 0.4) is 0 Å². The van der Waals surface area contributed by atoms with E-state index < -0.39 is 10.0 Å². The molecular weight excluding hydrogens is 440 g/mol. The number of hydrogen-bond donors (Lipinski definition) is 2. The number of pyridine rings is 1. The number of anilines is 2. The molecule has 2 fully saturated rings. The number of carbonyl (C=O) groups excluding carboxylic acids is 1. The number of imidazole rings is 1. The van der Waals surface area contributed by atoms with E-state index >= 15 is 0 Å². The Labute approximate surface area is 193 Å². The van der Waals surface area contributed by atoms with Crippen LogP contribution in [0.2, 0.25) is 0 Å². The number of fused-ring (bicyclic) bond motifs is 1. The number of likely N-dealkylation sites (tertiary alicyclic amines) is 1. The average molecular weight is 469 g/mol. The Bertz CT molecular complexity index is 1280. The summed E-state index contributed by atoms with van der Waals surface area (Å²) in [6.07, 6.45) is 5.24. The molecule has 10 heteroatoms. The molecule has 33 heavy (non-hydrogen) atoms. The minimum atomic E-state index is -3.36. The third-order valence-corrected chi connectivity index (χ3v) is 6.89. The van der Waals surface area contributed by atoms with Crippen LogP contribution in [0.4, 0.5) is 11.5 Å². The minimum Gasteiger partial charge on any atom is -0.356 e. The molecule has 0 unspecified atom stereocenters. The summed E-state index contributed by atoms with van der Waals surface area (Å²) in [5.41, 5.74) is 2.64. The fraction of sp³-hybridized carbons (Fsp3) is 0.435. The van der Waals surface area contributed by atoms with Crippen molar-refractivity contribution in [2.24, 2.45) is 5.92 Å². The number of aromatic amines is 1. The zero-order valence-corrected chi connectivity index (χ0v) is 19.4. The van der Waals surface area contributed by atoms with Gasteiger partial charge in [0.1, 0.15) is 17.2 Å². The Hall–Kier alpha value is -3.14. The van der Waals surface area contributed by atoms with Gasteiger partial charge in [-0.05, 0) is 49.9 Å². The first-order valence-electron chi connectivity index (χ1n) is 11.3. The summed E-state index contributed by atoms with van der Waals surface area (Å²) < 4.78 is 25.6. The van der Waals surface area contributed by atoms with E-state index in [0.29, 0.717) is 23.7 Å². The van der Waals surface area contributed by atoms with Gasteiger partial charge in [0.05, 0.1) is 12.2 Å². The fourth-order valence-corrected chi connectivity index (χ4v) is 5.28. The van der Waals surface area contributed by atoms with Crippen molar-refractivity contribution in [1.29, 1.82) is 0 Å². The molecule has 2 N–H and O–H groups in total. The number of H-pyrrole nitrogens is 1. The summed E-state index contributed by atoms with van der Waals surface area (Å²) in [5, 5.41) is 0. The van der Waals surface area contributed by atoms with Gasteiger partial charge in [-0.25, -0.2) is 18.4 Å². The van der Waals surface area contributed by atoms with E-state index in [4.69, 9.17) is 4.98 Å². The molecule has 0 saturated carbocycles. The van der Waals surface area contributed by atoms with Crippen LogP contribution in [-0.2, 0) is 14.8 Å². The number of amides is 1. The van der Waals surface area contributed by atoms with Gasteiger partial charge in [0.2, 0.25) is 15.9 Å². The molecule has 3 aromatic rings. The van der Waals surface area contributed by atoms with E-state index in [0.717, 1.165) is 68.5 Å². The number of sulfonamides is 1. The number of nitrogens with zero attached hydrogens (tertiary/aromatic N) is 4. The highest BCUT2D eigenvalue weighted by Crippen LogP contribution is 2.27. The Kier molecular flexibility index (Phi) is 5.69. The van der Waals surface area contributed by atoms with E-state index in [-0.39, 0.29) is 11.8 Å². The van der Waals surface area contributed by atoms with Crippen LogP contribution in [0.15, 0.2) is 36.4 Å². The molecule has 2 aliphatic rings. The predicted octanol–water partition coefficient (Wildman–Crippen LogP) is 2.84. The Morgan fingerprint density at radius 1 is 1.09 bits per heavy atom. The third kappa shape index (κ3) is 4.80. The van der Waals surface area contributed by atoms with Gasteiger partial charge in [-0.3, -0.25) is 9.52 Å². The first kappa shape index (κ1) is 21.7. The SMILES string of the molecule is CS(=O)(=O)Nc1cccc(-c2nc3ccc(N4CCC[C@@H](C(=O)N5CCCC5)C4)nc3[nH]2)c1. The van der Waals surface area contributed by atoms with Gasteiger partial charge in [-0.1, -0.05) is 12.1 Å². The Morgan fingerprint density at radius 3 is 2.70 bits per heavy atom. The monoisotopic (exact) mass is 468 g/mol. The van der Waals surface area contributed by atoms with Crippen molar-refractivity contribution in [3.05, 3.63) is 36.4 Å². The maximum atomic E-state index is 12.9. The topological polar surface area (TPSA) is 111 Å². The molecule has 5 rings (SSSR count). The van der Waals surface area contributed by atoms with E-state index in [1.807, 2.05) is 23.1 Å². The highest BCUT2D eigenvalue weighted by Gasteiger charge is 2.31. The molecule has 2 aromatic heterocycles. The van der Waals surface area contributed by atoms with Crippen molar-refractivity contribution in [3.8, 4) is 11.4 Å². The second-order valence-corrected chi connectivity index (χ2v) is 10.6. The molecule has 1 amide bonds. The number of carbonyl (C=O) groups is 1. The highest BCUT2D eigenvalue weighted by molar-refractivity contribution is 7.92. The zero-order valence-electron chi connectivity index (χ0n) is 18.6. The minimum absolute atomic E-state index is 0.0248. The van der Waals surface area contributed by atoms with Gasteiger partial charge in [0, 0.05) is 37.4 Å². The summed E-state index contributed by atoms with van der Waals surface area (Å²) in [6, 6.07) is 11.0. The first-order chi connectivity index (χ1) is 15.9. The lowest BCUT2D eigenvalue weighted by atomic mass is 9.96. The lowest BCUT2D eigenvalue weighted by molar-refractivity contribution is -0.134. The maximum Gasteiger partial charge on any atom is 0.229 e. The van der Waals surface area contributed by atoms with Crippen LogP contribution >= 0.6 is 0 Å². The van der Waals surface area contributed by atoms with E-state index in [2.05, 4.69) is 19.6 Å². The molecule has 1 atom stereocenters. The molecule has 4 heterocycles. The molecule has 9 nitrogen and oxygen atoms in total. The number of piperidine rings is 1. The van der Waals surface area contributed by atoms with Gasteiger partial charge >= 0.3 is 0 Å². The Balaban J connectivity index is 1.36. The van der Waals surface area contributed by atoms with Crippen molar-refractivity contribution < 1.29 is 13.2 Å². The lowest BCUT2D eigenvalue weighted by Crippen LogP contribution is -2.44. The molecule has 1 aromatic carbocycles. The quantitative estimate of drug-likeness (QED) is 0.596. The summed E-state index contributed by atoms with van der Waals surface area (Å²) >= 11 is 0. The van der Waals surface area contributed by atoms with Crippen LogP contribution < -0.4 is 9.62 Å². The molecule has 2 aliphatic heterocycles. The lowest BCUT2D eigenvalue weighted by Gasteiger charge is -2.34. The van der Waals surface area contributed by atoms with E-state index in [1.165, 1.54) is 0 Å². The number of hydrogen-bond acceptors (Lipinski definition) is 6. The average Bonchev–Trinajstić information content (AvgIpc) is 3.47. The number of rotatable bonds is 5. The molecule has 0 bridgehead atoms. The summed E-state index contributed by atoms with van der Waals surface area (Å²) in [7, 11) is -3.36. The molecule has 2 saturated heterocycles. The van der Waals surface area contributed by atoms with Crippen LogP contribution in [0.5, 0.6) is 0 Å². The van der Waals surface area contributed by atoms with Crippen LogP contribution in [0.25, 0.3) is 22.6 Å². The number of benzene rings is 1. The van der Waals surface area contributed by atoms with E-state index in [9.17, 15) is 13.2 Å². The number of nitrogens with one attached hydrogen (secondary N) is 2. The summed E-state index contributed by atoms with van der Waals surface area (Å²) in [6.45, 7) is 3.34. The van der Waals surface area contributed by atoms with Gasteiger partial charge in [0.15, 0.2) is 5.65 Å². The van der Waals surface area contributed by atoms with Gasteiger partial charge < -0.3 is 14.8 Å². The molecular formula is C23H28N6O3S. The van der Waals surface area contributed by atoms with Gasteiger partial charge in [-0.2, -0.15) is 0 Å². The third-order valence-electron chi connectivity index (χ3n) is 6.28. The second-order valence-electron chi connectivity index (χ2n) is 8.90. The molecule has 0 aliphatic carbocycles. The van der Waals surface area contributed by atoms with Crippen molar-refractivity contribution in [1.82, 2.24) is 19.9 Å². The van der Waals surface area contributed by atoms with Crippen molar-refractivity contribution >= 4 is 38.6 Å². The van der Waals surface area contributed by atoms with Crippen LogP contribution in [0, 0.1) is 5.92 Å². The smallest absolute Gasteiger partial charge is 0.229 e. The molecule has 0 radical (unpaired) electrons. The van der Waals surface area contributed by atoms with Crippen molar-refractivity contribution in [2.45, 2.75) is 25.7 Å². The first-order valence-corrected chi connectivity index (χ1v) is 13.2. The zero-order chi connectivity index (χ0) is 23.0. The van der Waals surface area contributed by atoms with Crippen molar-refractivity contribution in [3.63, 3.8) is 0 Å². The second kappa shape index (κ2) is 8.66. The van der Waals surface area contributed by atoms with Gasteiger partial charge in [0.25, 0.3) is 0 Å². The number of aromatic nitrogens is 3.